The van der Waals surface area contributed by atoms with Crippen LogP contribution in [0.4, 0.5) is 0 Å². The van der Waals surface area contributed by atoms with Crippen molar-refractivity contribution in [1.82, 2.24) is 24.7 Å². The minimum absolute atomic E-state index is 0.0130. The highest BCUT2D eigenvalue weighted by Crippen LogP contribution is 2.31. The maximum atomic E-state index is 12.8. The fraction of sp³-hybridized carbons (Fsp3) is 0.688. The van der Waals surface area contributed by atoms with E-state index in [9.17, 15) is 4.79 Å². The molecule has 0 bridgehead atoms. The standard InChI is InChI=1S/C16H25N5O2/c1-19-6-4-16(5-7-19)12-21(9-8-20(16)2)14(22)13-10-17-15(23-3)18-11-13/h10-11H,4-9,12H2,1-3H3. The van der Waals surface area contributed by atoms with Gasteiger partial charge >= 0.3 is 6.01 Å². The topological polar surface area (TPSA) is 61.8 Å². The van der Waals surface area contributed by atoms with Crippen LogP contribution in [0.15, 0.2) is 12.4 Å². The second-order valence-electron chi connectivity index (χ2n) is 6.63. The number of hydrogen-bond acceptors (Lipinski definition) is 6. The van der Waals surface area contributed by atoms with Crippen LogP contribution in [-0.4, -0.2) is 90.0 Å². The number of aromatic nitrogens is 2. The van der Waals surface area contributed by atoms with E-state index in [1.807, 2.05) is 4.90 Å². The highest BCUT2D eigenvalue weighted by atomic mass is 16.5. The van der Waals surface area contributed by atoms with Gasteiger partial charge in [-0.1, -0.05) is 0 Å². The van der Waals surface area contributed by atoms with E-state index in [4.69, 9.17) is 4.74 Å². The van der Waals surface area contributed by atoms with Crippen molar-refractivity contribution in [2.24, 2.45) is 0 Å². The molecule has 7 nitrogen and oxygen atoms in total. The second-order valence-corrected chi connectivity index (χ2v) is 6.63. The number of likely N-dealkylation sites (N-methyl/N-ethyl adjacent to an activating group) is 1. The SMILES string of the molecule is COc1ncc(C(=O)N2CCN(C)C3(CCN(C)CC3)C2)cn1. The molecule has 0 saturated carbocycles. The van der Waals surface area contributed by atoms with Crippen LogP contribution in [0.25, 0.3) is 0 Å². The lowest BCUT2D eigenvalue weighted by Gasteiger charge is -2.52. The van der Waals surface area contributed by atoms with Crippen LogP contribution >= 0.6 is 0 Å². The maximum absolute atomic E-state index is 12.8. The third-order valence-corrected chi connectivity index (χ3v) is 5.26. The molecule has 3 heterocycles. The average Bonchev–Trinajstić information content (AvgIpc) is 2.59. The Kier molecular flexibility index (Phi) is 4.50. The number of likely N-dealkylation sites (tertiary alicyclic amines) is 1. The number of piperidine rings is 1. The third kappa shape index (κ3) is 3.16. The Morgan fingerprint density at radius 1 is 1.13 bits per heavy atom. The Bertz CT molecular complexity index is 554. The lowest BCUT2D eigenvalue weighted by Crippen LogP contribution is -2.64. The Hall–Kier alpha value is -1.73. The van der Waals surface area contributed by atoms with Gasteiger partial charge in [-0.05, 0) is 40.0 Å². The van der Waals surface area contributed by atoms with Gasteiger partial charge in [-0.25, -0.2) is 9.97 Å². The molecule has 0 aromatic carbocycles. The third-order valence-electron chi connectivity index (χ3n) is 5.26. The number of methoxy groups -OCH3 is 1. The molecule has 2 aliphatic rings. The van der Waals surface area contributed by atoms with Crippen molar-refractivity contribution in [3.63, 3.8) is 0 Å². The van der Waals surface area contributed by atoms with Gasteiger partial charge in [-0.15, -0.1) is 0 Å². The molecule has 2 fully saturated rings. The average molecular weight is 319 g/mol. The molecule has 0 aliphatic carbocycles. The van der Waals surface area contributed by atoms with E-state index < -0.39 is 0 Å². The lowest BCUT2D eigenvalue weighted by atomic mass is 9.83. The number of ether oxygens (including phenoxy) is 1. The van der Waals surface area contributed by atoms with Gasteiger partial charge in [0.2, 0.25) is 0 Å². The van der Waals surface area contributed by atoms with Gasteiger partial charge in [0.25, 0.3) is 5.91 Å². The summed E-state index contributed by atoms with van der Waals surface area (Å²) in [7, 11) is 5.86. The first-order valence-corrected chi connectivity index (χ1v) is 8.09. The Balaban J connectivity index is 1.73. The number of piperazine rings is 1. The molecule has 2 aliphatic heterocycles. The molecule has 1 spiro atoms. The van der Waals surface area contributed by atoms with Gasteiger partial charge in [0.15, 0.2) is 0 Å². The molecule has 1 aromatic rings. The summed E-state index contributed by atoms with van der Waals surface area (Å²) >= 11 is 0. The molecular weight excluding hydrogens is 294 g/mol. The normalized spacial score (nSPS) is 22.3. The quantitative estimate of drug-likeness (QED) is 0.783. The summed E-state index contributed by atoms with van der Waals surface area (Å²) in [6.07, 6.45) is 5.30. The van der Waals surface area contributed by atoms with Crippen LogP contribution in [0.2, 0.25) is 0 Å². The van der Waals surface area contributed by atoms with Crippen molar-refractivity contribution in [3.8, 4) is 6.01 Å². The molecule has 3 rings (SSSR count). The van der Waals surface area contributed by atoms with Crippen molar-refractivity contribution >= 4 is 5.91 Å². The summed E-state index contributed by atoms with van der Waals surface area (Å²) in [6.45, 7) is 4.60. The summed E-state index contributed by atoms with van der Waals surface area (Å²) < 4.78 is 4.95. The highest BCUT2D eigenvalue weighted by Gasteiger charge is 2.42. The molecule has 2 saturated heterocycles. The zero-order valence-electron chi connectivity index (χ0n) is 14.2. The molecule has 0 N–H and O–H groups in total. The molecule has 0 radical (unpaired) electrons. The van der Waals surface area contributed by atoms with Crippen LogP contribution in [0.3, 0.4) is 0 Å². The number of carbonyl (C=O) groups excluding carboxylic acids is 1. The van der Waals surface area contributed by atoms with E-state index in [0.29, 0.717) is 5.56 Å². The molecule has 0 unspecified atom stereocenters. The van der Waals surface area contributed by atoms with Crippen molar-refractivity contribution in [1.29, 1.82) is 0 Å². The van der Waals surface area contributed by atoms with E-state index in [0.717, 1.165) is 45.6 Å². The first-order chi connectivity index (χ1) is 11.0. The van der Waals surface area contributed by atoms with Gasteiger partial charge < -0.3 is 14.5 Å². The predicted octanol–water partition coefficient (Wildman–Crippen LogP) is 0.337. The molecule has 0 atom stereocenters. The number of amides is 1. The number of hydrogen-bond donors (Lipinski definition) is 0. The van der Waals surface area contributed by atoms with Crippen LogP contribution in [-0.2, 0) is 0 Å². The summed E-state index contributed by atoms with van der Waals surface area (Å²) in [5.74, 6) is 0.0130. The minimum atomic E-state index is 0.0130. The molecule has 126 valence electrons. The predicted molar refractivity (Wildman–Crippen MR) is 86.6 cm³/mol. The van der Waals surface area contributed by atoms with Gasteiger partial charge in [-0.2, -0.15) is 0 Å². The molecule has 1 aromatic heterocycles. The molecule has 1 amide bonds. The first kappa shape index (κ1) is 16.1. The molecule has 7 heteroatoms. The largest absolute Gasteiger partial charge is 0.467 e. The summed E-state index contributed by atoms with van der Waals surface area (Å²) in [5, 5.41) is 0. The van der Waals surface area contributed by atoms with Gasteiger partial charge in [0.05, 0.1) is 12.7 Å². The Morgan fingerprint density at radius 3 is 2.39 bits per heavy atom. The van der Waals surface area contributed by atoms with E-state index in [2.05, 4.69) is 33.9 Å². The number of rotatable bonds is 2. The van der Waals surface area contributed by atoms with Gasteiger partial charge in [0, 0.05) is 37.6 Å². The number of carbonyl (C=O) groups is 1. The summed E-state index contributed by atoms with van der Waals surface area (Å²) in [4.78, 5) is 27.6. The fourth-order valence-electron chi connectivity index (χ4n) is 3.53. The van der Waals surface area contributed by atoms with Crippen molar-refractivity contribution in [3.05, 3.63) is 18.0 Å². The summed E-state index contributed by atoms with van der Waals surface area (Å²) in [5.41, 5.74) is 0.631. The van der Waals surface area contributed by atoms with Crippen LogP contribution in [0.5, 0.6) is 6.01 Å². The van der Waals surface area contributed by atoms with Crippen LogP contribution in [0, 0.1) is 0 Å². The zero-order valence-corrected chi connectivity index (χ0v) is 14.2. The van der Waals surface area contributed by atoms with Crippen molar-refractivity contribution in [2.75, 3.05) is 53.9 Å². The van der Waals surface area contributed by atoms with Crippen molar-refractivity contribution < 1.29 is 9.53 Å². The number of nitrogens with zero attached hydrogens (tertiary/aromatic N) is 5. The molecular formula is C16H25N5O2. The lowest BCUT2D eigenvalue weighted by molar-refractivity contribution is -0.0170. The fourth-order valence-corrected chi connectivity index (χ4v) is 3.53. The van der Waals surface area contributed by atoms with E-state index >= 15 is 0 Å². The minimum Gasteiger partial charge on any atom is -0.467 e. The molecule has 23 heavy (non-hydrogen) atoms. The Morgan fingerprint density at radius 2 is 1.78 bits per heavy atom. The first-order valence-electron chi connectivity index (χ1n) is 8.09. The van der Waals surface area contributed by atoms with E-state index in [-0.39, 0.29) is 17.5 Å². The summed E-state index contributed by atoms with van der Waals surface area (Å²) in [6, 6.07) is 0.284. The Labute approximate surface area is 137 Å². The van der Waals surface area contributed by atoms with Gasteiger partial charge in [0.1, 0.15) is 0 Å². The van der Waals surface area contributed by atoms with Crippen molar-refractivity contribution in [2.45, 2.75) is 18.4 Å². The highest BCUT2D eigenvalue weighted by molar-refractivity contribution is 5.93. The zero-order chi connectivity index (χ0) is 16.4. The van der Waals surface area contributed by atoms with Crippen LogP contribution in [0.1, 0.15) is 23.2 Å². The maximum Gasteiger partial charge on any atom is 0.316 e. The second kappa shape index (κ2) is 6.41. The van der Waals surface area contributed by atoms with Crippen LogP contribution < -0.4 is 4.74 Å². The van der Waals surface area contributed by atoms with E-state index in [1.54, 1.807) is 12.4 Å². The van der Waals surface area contributed by atoms with E-state index in [1.165, 1.54) is 7.11 Å². The van der Waals surface area contributed by atoms with Gasteiger partial charge in [-0.3, -0.25) is 9.69 Å². The monoisotopic (exact) mass is 319 g/mol. The smallest absolute Gasteiger partial charge is 0.316 e.